The van der Waals surface area contributed by atoms with E-state index in [1.807, 2.05) is 43.3 Å². The highest BCUT2D eigenvalue weighted by atomic mass is 35.5. The number of hydrogen-bond acceptors (Lipinski definition) is 5. The van der Waals surface area contributed by atoms with E-state index < -0.39 is 28.5 Å². The zero-order chi connectivity index (χ0) is 30.1. The monoisotopic (exact) mass is 611 g/mol. The summed E-state index contributed by atoms with van der Waals surface area (Å²) in [7, 11) is -3.86. The number of amides is 2. The quantitative estimate of drug-likeness (QED) is 0.286. The van der Waals surface area contributed by atoms with E-state index >= 15 is 0 Å². The van der Waals surface area contributed by atoms with E-state index in [1.54, 1.807) is 42.5 Å². The van der Waals surface area contributed by atoms with Crippen molar-refractivity contribution in [3.63, 3.8) is 0 Å². The zero-order valence-corrected chi connectivity index (χ0v) is 25.6. The fraction of sp³-hybridized carbons (Fsp3) is 0.375. The van der Waals surface area contributed by atoms with Crippen LogP contribution in [0.4, 0.5) is 5.69 Å². The molecule has 1 fully saturated rings. The normalized spacial score (nSPS) is 14.3. The summed E-state index contributed by atoms with van der Waals surface area (Å²) < 4.78 is 32.5. The summed E-state index contributed by atoms with van der Waals surface area (Å²) in [6.07, 6.45) is 5.19. The summed E-state index contributed by atoms with van der Waals surface area (Å²) in [5.74, 6) is -0.192. The first-order chi connectivity index (χ1) is 20.2. The molecule has 0 saturated heterocycles. The Morgan fingerprint density at radius 2 is 1.62 bits per heavy atom. The fourth-order valence-electron chi connectivity index (χ4n) is 5.22. The number of ether oxygens (including phenoxy) is 1. The smallest absolute Gasteiger partial charge is 0.244 e. The first-order valence-electron chi connectivity index (χ1n) is 14.2. The maximum atomic E-state index is 14.2. The first kappa shape index (κ1) is 31.4. The molecule has 4 rings (SSSR count). The average molecular weight is 612 g/mol. The second-order valence-corrected chi connectivity index (χ2v) is 12.8. The molecule has 0 radical (unpaired) electrons. The minimum Gasteiger partial charge on any atom is -0.494 e. The van der Waals surface area contributed by atoms with Gasteiger partial charge in [0.05, 0.1) is 18.6 Å². The highest BCUT2D eigenvalue weighted by molar-refractivity contribution is 7.92. The molecule has 0 aliphatic heterocycles. The first-order valence-corrected chi connectivity index (χ1v) is 16.5. The van der Waals surface area contributed by atoms with Crippen LogP contribution in [0.3, 0.4) is 0 Å². The lowest BCUT2D eigenvalue weighted by Gasteiger charge is -2.34. The van der Waals surface area contributed by atoms with Gasteiger partial charge in [-0.25, -0.2) is 8.42 Å². The third-order valence-electron chi connectivity index (χ3n) is 7.39. The SMILES string of the molecule is CCOc1ccc(N(CC(=O)N(Cc2ccccc2Cl)[C@@H](Cc2ccccc2)C(=O)NC2CCCC2)S(C)(=O)=O)cc1. The van der Waals surface area contributed by atoms with Crippen molar-refractivity contribution < 1.29 is 22.7 Å². The van der Waals surface area contributed by atoms with E-state index in [9.17, 15) is 18.0 Å². The zero-order valence-electron chi connectivity index (χ0n) is 24.0. The fourth-order valence-corrected chi connectivity index (χ4v) is 6.27. The predicted octanol–water partition coefficient (Wildman–Crippen LogP) is 5.20. The van der Waals surface area contributed by atoms with Gasteiger partial charge in [0, 0.05) is 24.0 Å². The summed E-state index contributed by atoms with van der Waals surface area (Å²) in [6.45, 7) is 1.88. The molecule has 0 spiro atoms. The van der Waals surface area contributed by atoms with Gasteiger partial charge in [0.25, 0.3) is 0 Å². The molecule has 3 aromatic carbocycles. The van der Waals surface area contributed by atoms with Crippen LogP contribution in [-0.4, -0.2) is 56.6 Å². The molecule has 8 nitrogen and oxygen atoms in total. The number of halogens is 1. The van der Waals surface area contributed by atoms with Gasteiger partial charge in [0.2, 0.25) is 21.8 Å². The molecule has 2 amide bonds. The third-order valence-corrected chi connectivity index (χ3v) is 8.90. The summed E-state index contributed by atoms with van der Waals surface area (Å²) >= 11 is 6.51. The van der Waals surface area contributed by atoms with Gasteiger partial charge in [-0.2, -0.15) is 0 Å². The third kappa shape index (κ3) is 8.49. The largest absolute Gasteiger partial charge is 0.494 e. The topological polar surface area (TPSA) is 96.0 Å². The van der Waals surface area contributed by atoms with Gasteiger partial charge in [-0.15, -0.1) is 0 Å². The van der Waals surface area contributed by atoms with Gasteiger partial charge < -0.3 is 15.0 Å². The summed E-state index contributed by atoms with van der Waals surface area (Å²) in [5, 5.41) is 3.61. The van der Waals surface area contributed by atoms with Crippen LogP contribution in [0.5, 0.6) is 5.75 Å². The highest BCUT2D eigenvalue weighted by Crippen LogP contribution is 2.25. The van der Waals surface area contributed by atoms with E-state index in [-0.39, 0.29) is 24.9 Å². The van der Waals surface area contributed by atoms with Crippen LogP contribution in [0, 0.1) is 0 Å². The standard InChI is InChI=1S/C32H38ClN3O5S/c1-3-41-28-19-17-27(18-20-28)36(42(2,39)40)23-31(37)35(22-25-13-7-10-16-29(25)33)30(21-24-11-5-4-6-12-24)32(38)34-26-14-8-9-15-26/h4-7,10-13,16-20,26,30H,3,8-9,14-15,21-23H2,1-2H3,(H,34,38)/t30-/m0/s1. The number of carbonyl (C=O) groups excluding carboxylic acids is 2. The molecule has 0 heterocycles. The van der Waals surface area contributed by atoms with E-state index in [0.717, 1.165) is 41.8 Å². The molecule has 0 aromatic heterocycles. The summed E-state index contributed by atoms with van der Waals surface area (Å²) in [5.41, 5.74) is 1.86. The van der Waals surface area contributed by atoms with Crippen molar-refractivity contribution in [1.29, 1.82) is 0 Å². The Morgan fingerprint density at radius 1 is 0.976 bits per heavy atom. The van der Waals surface area contributed by atoms with Crippen molar-refractivity contribution in [2.75, 3.05) is 23.7 Å². The van der Waals surface area contributed by atoms with Crippen LogP contribution >= 0.6 is 11.6 Å². The van der Waals surface area contributed by atoms with Crippen molar-refractivity contribution in [2.24, 2.45) is 0 Å². The minimum absolute atomic E-state index is 0.0367. The molecular formula is C32H38ClN3O5S. The van der Waals surface area contributed by atoms with Gasteiger partial charge in [-0.05, 0) is 61.2 Å². The molecule has 1 aliphatic carbocycles. The van der Waals surface area contributed by atoms with E-state index in [0.29, 0.717) is 28.6 Å². The van der Waals surface area contributed by atoms with Crippen LogP contribution in [-0.2, 0) is 32.6 Å². The summed E-state index contributed by atoms with van der Waals surface area (Å²) in [6, 6.07) is 22.3. The second kappa shape index (κ2) is 14.6. The van der Waals surface area contributed by atoms with E-state index in [1.165, 1.54) is 4.90 Å². The Bertz CT molecular complexity index is 1440. The van der Waals surface area contributed by atoms with Crippen LogP contribution < -0.4 is 14.4 Å². The summed E-state index contributed by atoms with van der Waals surface area (Å²) in [4.78, 5) is 29.6. The van der Waals surface area contributed by atoms with Crippen molar-refractivity contribution in [1.82, 2.24) is 10.2 Å². The van der Waals surface area contributed by atoms with Gasteiger partial charge in [-0.1, -0.05) is 73.0 Å². The molecule has 1 saturated carbocycles. The second-order valence-electron chi connectivity index (χ2n) is 10.5. The predicted molar refractivity (Wildman–Crippen MR) is 166 cm³/mol. The molecule has 1 atom stereocenters. The minimum atomic E-state index is -3.86. The Kier molecular flexibility index (Phi) is 10.9. The van der Waals surface area contributed by atoms with E-state index in [4.69, 9.17) is 16.3 Å². The molecule has 10 heteroatoms. The molecule has 224 valence electrons. The van der Waals surface area contributed by atoms with Gasteiger partial charge >= 0.3 is 0 Å². The molecule has 0 bridgehead atoms. The van der Waals surface area contributed by atoms with Crippen LogP contribution in [0.2, 0.25) is 5.02 Å². The Balaban J connectivity index is 1.71. The molecule has 42 heavy (non-hydrogen) atoms. The molecule has 1 N–H and O–H groups in total. The number of benzene rings is 3. The van der Waals surface area contributed by atoms with Crippen molar-refractivity contribution in [2.45, 2.75) is 57.7 Å². The molecule has 3 aromatic rings. The highest BCUT2D eigenvalue weighted by Gasteiger charge is 2.34. The number of nitrogens with one attached hydrogen (secondary N) is 1. The van der Waals surface area contributed by atoms with Gasteiger partial charge in [-0.3, -0.25) is 13.9 Å². The van der Waals surface area contributed by atoms with Crippen molar-refractivity contribution in [3.8, 4) is 5.75 Å². The number of hydrogen-bond donors (Lipinski definition) is 1. The number of sulfonamides is 1. The van der Waals surface area contributed by atoms with Gasteiger partial charge in [0.1, 0.15) is 18.3 Å². The van der Waals surface area contributed by atoms with Gasteiger partial charge in [0.15, 0.2) is 0 Å². The number of rotatable bonds is 13. The lowest BCUT2D eigenvalue weighted by molar-refractivity contribution is -0.140. The maximum absolute atomic E-state index is 14.2. The molecule has 1 aliphatic rings. The number of nitrogens with zero attached hydrogens (tertiary/aromatic N) is 2. The lowest BCUT2D eigenvalue weighted by Crippen LogP contribution is -2.54. The molecular weight excluding hydrogens is 574 g/mol. The molecule has 0 unspecified atom stereocenters. The lowest BCUT2D eigenvalue weighted by atomic mass is 10.0. The van der Waals surface area contributed by atoms with Crippen molar-refractivity contribution in [3.05, 3.63) is 95.0 Å². The maximum Gasteiger partial charge on any atom is 0.244 e. The van der Waals surface area contributed by atoms with Crippen molar-refractivity contribution >= 4 is 39.1 Å². The average Bonchev–Trinajstić information content (AvgIpc) is 3.48. The van der Waals surface area contributed by atoms with Crippen LogP contribution in [0.15, 0.2) is 78.9 Å². The van der Waals surface area contributed by atoms with E-state index in [2.05, 4.69) is 5.32 Å². The van der Waals surface area contributed by atoms with Crippen LogP contribution in [0.25, 0.3) is 0 Å². The Morgan fingerprint density at radius 3 is 2.24 bits per heavy atom. The number of carbonyl (C=O) groups is 2. The number of anilines is 1. The Hall–Kier alpha value is -3.56. The Labute approximate surface area is 253 Å². The van der Waals surface area contributed by atoms with Crippen LogP contribution in [0.1, 0.15) is 43.7 Å².